The quantitative estimate of drug-likeness (QED) is 0.330. The van der Waals surface area contributed by atoms with Gasteiger partial charge in [0.25, 0.3) is 11.8 Å². The molecule has 4 aromatic rings. The Morgan fingerprint density at radius 2 is 1.83 bits per heavy atom. The smallest absolute Gasteiger partial charge is 0.255 e. The molecule has 0 bridgehead atoms. The molecule has 0 aliphatic rings. The highest BCUT2D eigenvalue weighted by Gasteiger charge is 2.15. The SMILES string of the molecule is CCOc1ccc(NC(=O)c2ccc(OC)cc2)cc1C(=O)NCc1cccc(-c2nccs2)c1. The lowest BCUT2D eigenvalue weighted by Crippen LogP contribution is -2.24. The number of rotatable bonds is 9. The molecule has 0 saturated carbocycles. The molecule has 4 rings (SSSR count). The van der Waals surface area contributed by atoms with Gasteiger partial charge in [-0.05, 0) is 61.0 Å². The number of methoxy groups -OCH3 is 1. The van der Waals surface area contributed by atoms with Crippen molar-refractivity contribution >= 4 is 28.8 Å². The molecule has 3 aromatic carbocycles. The van der Waals surface area contributed by atoms with Gasteiger partial charge in [0.1, 0.15) is 16.5 Å². The van der Waals surface area contributed by atoms with Crippen molar-refractivity contribution in [2.75, 3.05) is 19.0 Å². The Hall–Kier alpha value is -4.17. The van der Waals surface area contributed by atoms with Crippen molar-refractivity contribution in [3.05, 3.63) is 95.0 Å². The molecule has 8 heteroatoms. The molecular formula is C27H25N3O4S. The number of nitrogens with one attached hydrogen (secondary N) is 2. The van der Waals surface area contributed by atoms with Gasteiger partial charge in [0.05, 0.1) is 19.3 Å². The number of carbonyl (C=O) groups excluding carboxylic acids is 2. The van der Waals surface area contributed by atoms with Gasteiger partial charge >= 0.3 is 0 Å². The van der Waals surface area contributed by atoms with E-state index < -0.39 is 0 Å². The summed E-state index contributed by atoms with van der Waals surface area (Å²) in [5.41, 5.74) is 3.27. The van der Waals surface area contributed by atoms with Crippen LogP contribution in [0.15, 0.2) is 78.3 Å². The Kier molecular flexibility index (Phi) is 7.74. The van der Waals surface area contributed by atoms with Gasteiger partial charge in [-0.3, -0.25) is 9.59 Å². The first-order valence-corrected chi connectivity index (χ1v) is 11.9. The van der Waals surface area contributed by atoms with E-state index in [0.29, 0.717) is 41.5 Å². The van der Waals surface area contributed by atoms with Crippen molar-refractivity contribution in [3.8, 4) is 22.1 Å². The Labute approximate surface area is 207 Å². The van der Waals surface area contributed by atoms with Gasteiger partial charge in [-0.15, -0.1) is 11.3 Å². The van der Waals surface area contributed by atoms with Crippen LogP contribution in [-0.4, -0.2) is 30.5 Å². The fourth-order valence-corrected chi connectivity index (χ4v) is 4.11. The molecule has 0 aliphatic carbocycles. The number of carbonyl (C=O) groups is 2. The first-order chi connectivity index (χ1) is 17.1. The first-order valence-electron chi connectivity index (χ1n) is 11.1. The highest BCUT2D eigenvalue weighted by molar-refractivity contribution is 7.13. The summed E-state index contributed by atoms with van der Waals surface area (Å²) in [6.07, 6.45) is 1.77. The van der Waals surface area contributed by atoms with Crippen molar-refractivity contribution in [1.29, 1.82) is 0 Å². The lowest BCUT2D eigenvalue weighted by molar-refractivity contribution is 0.0945. The maximum atomic E-state index is 13.1. The largest absolute Gasteiger partial charge is 0.497 e. The molecule has 178 valence electrons. The lowest BCUT2D eigenvalue weighted by atomic mass is 10.1. The van der Waals surface area contributed by atoms with E-state index in [1.54, 1.807) is 67.1 Å². The third-order valence-corrected chi connectivity index (χ3v) is 6.02. The topological polar surface area (TPSA) is 89.5 Å². The Morgan fingerprint density at radius 1 is 1.00 bits per heavy atom. The maximum absolute atomic E-state index is 13.1. The predicted molar refractivity (Wildman–Crippen MR) is 137 cm³/mol. The van der Waals surface area contributed by atoms with E-state index in [2.05, 4.69) is 15.6 Å². The maximum Gasteiger partial charge on any atom is 0.255 e. The van der Waals surface area contributed by atoms with E-state index in [1.165, 1.54) is 0 Å². The van der Waals surface area contributed by atoms with E-state index in [0.717, 1.165) is 16.1 Å². The van der Waals surface area contributed by atoms with Crippen LogP contribution in [0.1, 0.15) is 33.2 Å². The summed E-state index contributed by atoms with van der Waals surface area (Å²) < 4.78 is 10.8. The van der Waals surface area contributed by atoms with Crippen LogP contribution in [0, 0.1) is 0 Å². The van der Waals surface area contributed by atoms with Crippen LogP contribution < -0.4 is 20.1 Å². The summed E-state index contributed by atoms with van der Waals surface area (Å²) in [7, 11) is 1.57. The van der Waals surface area contributed by atoms with Crippen LogP contribution in [0.25, 0.3) is 10.6 Å². The Morgan fingerprint density at radius 3 is 2.54 bits per heavy atom. The minimum absolute atomic E-state index is 0.290. The normalized spacial score (nSPS) is 10.5. The second-order valence-corrected chi connectivity index (χ2v) is 8.44. The number of anilines is 1. The molecule has 0 saturated heterocycles. The summed E-state index contributed by atoms with van der Waals surface area (Å²) in [5.74, 6) is 0.526. The molecule has 1 aromatic heterocycles. The average molecular weight is 488 g/mol. The van der Waals surface area contributed by atoms with Crippen LogP contribution in [0.5, 0.6) is 11.5 Å². The fourth-order valence-electron chi connectivity index (χ4n) is 3.47. The highest BCUT2D eigenvalue weighted by atomic mass is 32.1. The van der Waals surface area contributed by atoms with Crippen LogP contribution >= 0.6 is 11.3 Å². The number of ether oxygens (including phenoxy) is 2. The summed E-state index contributed by atoms with van der Waals surface area (Å²) in [6, 6.07) is 19.7. The van der Waals surface area contributed by atoms with Crippen LogP contribution in [0.4, 0.5) is 5.69 Å². The monoisotopic (exact) mass is 487 g/mol. The number of aromatic nitrogens is 1. The molecular weight excluding hydrogens is 462 g/mol. The van der Waals surface area contributed by atoms with Gasteiger partial charge < -0.3 is 20.1 Å². The minimum Gasteiger partial charge on any atom is -0.497 e. The van der Waals surface area contributed by atoms with Gasteiger partial charge in [0.2, 0.25) is 0 Å². The molecule has 0 unspecified atom stereocenters. The van der Waals surface area contributed by atoms with Gasteiger partial charge in [0, 0.05) is 34.9 Å². The third kappa shape index (κ3) is 6.04. The van der Waals surface area contributed by atoms with Crippen molar-refractivity contribution in [2.45, 2.75) is 13.5 Å². The zero-order valence-electron chi connectivity index (χ0n) is 19.4. The predicted octanol–water partition coefficient (Wildman–Crippen LogP) is 5.40. The molecule has 0 atom stereocenters. The highest BCUT2D eigenvalue weighted by Crippen LogP contribution is 2.25. The fraction of sp³-hybridized carbons (Fsp3) is 0.148. The summed E-state index contributed by atoms with van der Waals surface area (Å²) in [6.45, 7) is 2.60. The second-order valence-electron chi connectivity index (χ2n) is 7.55. The second kappa shape index (κ2) is 11.3. The van der Waals surface area contributed by atoms with Gasteiger partial charge in [-0.2, -0.15) is 0 Å². The molecule has 0 radical (unpaired) electrons. The summed E-state index contributed by atoms with van der Waals surface area (Å²) in [4.78, 5) is 30.1. The first kappa shape index (κ1) is 24.0. The Balaban J connectivity index is 1.48. The number of hydrogen-bond acceptors (Lipinski definition) is 6. The third-order valence-electron chi connectivity index (χ3n) is 5.19. The number of nitrogens with zero attached hydrogens (tertiary/aromatic N) is 1. The van der Waals surface area contributed by atoms with E-state index in [-0.39, 0.29) is 11.8 Å². The molecule has 2 amide bonds. The Bertz CT molecular complexity index is 1300. The molecule has 35 heavy (non-hydrogen) atoms. The van der Waals surface area contributed by atoms with E-state index >= 15 is 0 Å². The van der Waals surface area contributed by atoms with Crippen LogP contribution in [0.2, 0.25) is 0 Å². The zero-order chi connectivity index (χ0) is 24.6. The average Bonchev–Trinajstić information content (AvgIpc) is 3.44. The van der Waals surface area contributed by atoms with E-state index in [9.17, 15) is 9.59 Å². The lowest BCUT2D eigenvalue weighted by Gasteiger charge is -2.13. The summed E-state index contributed by atoms with van der Waals surface area (Å²) in [5, 5.41) is 8.64. The van der Waals surface area contributed by atoms with E-state index in [4.69, 9.17) is 9.47 Å². The molecule has 1 heterocycles. The van der Waals surface area contributed by atoms with Crippen molar-refractivity contribution in [1.82, 2.24) is 10.3 Å². The van der Waals surface area contributed by atoms with Crippen LogP contribution in [-0.2, 0) is 6.54 Å². The van der Waals surface area contributed by atoms with Gasteiger partial charge in [-0.25, -0.2) is 4.98 Å². The van der Waals surface area contributed by atoms with Crippen molar-refractivity contribution in [3.63, 3.8) is 0 Å². The molecule has 0 fully saturated rings. The van der Waals surface area contributed by atoms with E-state index in [1.807, 2.05) is 36.6 Å². The molecule has 2 N–H and O–H groups in total. The van der Waals surface area contributed by atoms with Gasteiger partial charge in [-0.1, -0.05) is 18.2 Å². The number of amides is 2. The van der Waals surface area contributed by atoms with Crippen LogP contribution in [0.3, 0.4) is 0 Å². The number of hydrogen-bond donors (Lipinski definition) is 2. The molecule has 0 spiro atoms. The van der Waals surface area contributed by atoms with Gasteiger partial charge in [0.15, 0.2) is 0 Å². The standard InChI is InChI=1S/C27H25N3O4S/c1-3-34-24-12-9-21(30-25(31)19-7-10-22(33-2)11-8-19)16-23(24)26(32)29-17-18-5-4-6-20(15-18)27-28-13-14-35-27/h4-16H,3,17H2,1-2H3,(H,29,32)(H,30,31). The van der Waals surface area contributed by atoms with Crippen molar-refractivity contribution < 1.29 is 19.1 Å². The molecule has 0 aliphatic heterocycles. The number of benzene rings is 3. The van der Waals surface area contributed by atoms with Crippen molar-refractivity contribution in [2.24, 2.45) is 0 Å². The number of thiazole rings is 1. The zero-order valence-corrected chi connectivity index (χ0v) is 20.2. The minimum atomic E-state index is -0.298. The summed E-state index contributed by atoms with van der Waals surface area (Å²) >= 11 is 1.56. The molecule has 7 nitrogen and oxygen atoms in total.